The normalized spacial score (nSPS) is 10.7. The van der Waals surface area contributed by atoms with Crippen LogP contribution in [-0.4, -0.2) is 9.97 Å². The molecule has 100 valence electrons. The van der Waals surface area contributed by atoms with Crippen LogP contribution in [0, 0.1) is 6.92 Å². The van der Waals surface area contributed by atoms with Crippen molar-refractivity contribution >= 4 is 11.4 Å². The lowest BCUT2D eigenvalue weighted by Crippen LogP contribution is -1.88. The number of nitrogens with two attached hydrogens (primary N) is 2. The zero-order valence-electron chi connectivity index (χ0n) is 11.2. The van der Waals surface area contributed by atoms with Crippen molar-refractivity contribution in [3.8, 4) is 22.5 Å². The molecule has 1 aromatic heterocycles. The molecule has 0 fully saturated rings. The highest BCUT2D eigenvalue weighted by atomic mass is 14.9. The Labute approximate surface area is 117 Å². The van der Waals surface area contributed by atoms with E-state index in [0.717, 1.165) is 39.7 Å². The second-order valence-corrected chi connectivity index (χ2v) is 4.79. The van der Waals surface area contributed by atoms with Crippen molar-refractivity contribution in [3.63, 3.8) is 0 Å². The molecule has 4 nitrogen and oxygen atoms in total. The SMILES string of the molecule is Cc1nc(-c2ccc(N)cc2)c(-c2ccc(N)cc2)[nH]1. The molecular weight excluding hydrogens is 248 g/mol. The molecule has 0 aliphatic carbocycles. The quantitative estimate of drug-likeness (QED) is 0.622. The van der Waals surface area contributed by atoms with Crippen LogP contribution in [0.15, 0.2) is 48.5 Å². The van der Waals surface area contributed by atoms with E-state index in [-0.39, 0.29) is 0 Å². The minimum Gasteiger partial charge on any atom is -0.399 e. The standard InChI is InChI=1S/C16H16N4/c1-10-19-15(11-2-6-13(17)7-3-11)16(20-10)12-4-8-14(18)9-5-12/h2-9H,17-18H2,1H3,(H,19,20). The van der Waals surface area contributed by atoms with Crippen molar-refractivity contribution in [1.82, 2.24) is 9.97 Å². The van der Waals surface area contributed by atoms with E-state index in [4.69, 9.17) is 11.5 Å². The van der Waals surface area contributed by atoms with Crippen LogP contribution in [0.4, 0.5) is 11.4 Å². The summed E-state index contributed by atoms with van der Waals surface area (Å²) in [5.74, 6) is 0.878. The molecule has 0 amide bonds. The van der Waals surface area contributed by atoms with Crippen molar-refractivity contribution in [2.24, 2.45) is 0 Å². The third kappa shape index (κ3) is 2.23. The average Bonchev–Trinajstić information content (AvgIpc) is 2.82. The molecule has 0 saturated heterocycles. The minimum absolute atomic E-state index is 0.745. The zero-order chi connectivity index (χ0) is 14.1. The molecule has 2 aromatic carbocycles. The van der Waals surface area contributed by atoms with Gasteiger partial charge < -0.3 is 16.5 Å². The maximum Gasteiger partial charge on any atom is 0.104 e. The number of anilines is 2. The summed E-state index contributed by atoms with van der Waals surface area (Å²) in [7, 11) is 0. The summed E-state index contributed by atoms with van der Waals surface area (Å²) in [6.07, 6.45) is 0. The fraction of sp³-hybridized carbons (Fsp3) is 0.0625. The van der Waals surface area contributed by atoms with Gasteiger partial charge in [0.25, 0.3) is 0 Å². The minimum atomic E-state index is 0.745. The number of aryl methyl sites for hydroxylation is 1. The topological polar surface area (TPSA) is 80.7 Å². The lowest BCUT2D eigenvalue weighted by Gasteiger charge is -2.04. The van der Waals surface area contributed by atoms with Crippen LogP contribution in [0.3, 0.4) is 0 Å². The molecular formula is C16H16N4. The largest absolute Gasteiger partial charge is 0.399 e. The van der Waals surface area contributed by atoms with Crippen molar-refractivity contribution in [2.75, 3.05) is 11.5 Å². The number of nitrogens with zero attached hydrogens (tertiary/aromatic N) is 1. The van der Waals surface area contributed by atoms with E-state index in [1.54, 1.807) is 0 Å². The zero-order valence-corrected chi connectivity index (χ0v) is 11.2. The van der Waals surface area contributed by atoms with E-state index in [1.807, 2.05) is 55.5 Å². The van der Waals surface area contributed by atoms with Crippen LogP contribution >= 0.6 is 0 Å². The van der Waals surface area contributed by atoms with Gasteiger partial charge in [-0.1, -0.05) is 24.3 Å². The second-order valence-electron chi connectivity index (χ2n) is 4.79. The number of hydrogen-bond donors (Lipinski definition) is 3. The molecule has 3 aromatic rings. The van der Waals surface area contributed by atoms with Crippen LogP contribution in [0.2, 0.25) is 0 Å². The maximum atomic E-state index is 5.74. The first kappa shape index (κ1) is 12.3. The molecule has 20 heavy (non-hydrogen) atoms. The molecule has 3 rings (SSSR count). The Balaban J connectivity index is 2.12. The number of aromatic nitrogens is 2. The van der Waals surface area contributed by atoms with Gasteiger partial charge in [-0.25, -0.2) is 4.98 Å². The summed E-state index contributed by atoms with van der Waals surface area (Å²) >= 11 is 0. The predicted molar refractivity (Wildman–Crippen MR) is 83.0 cm³/mol. The first-order chi connectivity index (χ1) is 9.63. The summed E-state index contributed by atoms with van der Waals surface area (Å²) in [4.78, 5) is 7.89. The number of aromatic amines is 1. The Morgan fingerprint density at radius 3 is 1.85 bits per heavy atom. The summed E-state index contributed by atoms with van der Waals surface area (Å²) in [6.45, 7) is 1.95. The van der Waals surface area contributed by atoms with Crippen LogP contribution in [-0.2, 0) is 0 Å². The molecule has 1 heterocycles. The maximum absolute atomic E-state index is 5.74. The van der Waals surface area contributed by atoms with Crippen LogP contribution in [0.5, 0.6) is 0 Å². The molecule has 4 heteroatoms. The van der Waals surface area contributed by atoms with E-state index >= 15 is 0 Å². The van der Waals surface area contributed by atoms with Crippen LogP contribution < -0.4 is 11.5 Å². The molecule has 0 atom stereocenters. The number of rotatable bonds is 2. The van der Waals surface area contributed by atoms with Crippen molar-refractivity contribution in [1.29, 1.82) is 0 Å². The van der Waals surface area contributed by atoms with Gasteiger partial charge in [0.1, 0.15) is 5.82 Å². The number of benzene rings is 2. The van der Waals surface area contributed by atoms with Crippen LogP contribution in [0.25, 0.3) is 22.5 Å². The van der Waals surface area contributed by atoms with Gasteiger partial charge >= 0.3 is 0 Å². The average molecular weight is 264 g/mol. The second kappa shape index (κ2) is 4.74. The summed E-state index contributed by atoms with van der Waals surface area (Å²) < 4.78 is 0. The summed E-state index contributed by atoms with van der Waals surface area (Å²) in [5, 5.41) is 0. The third-order valence-electron chi connectivity index (χ3n) is 3.21. The molecule has 0 aliphatic rings. The van der Waals surface area contributed by atoms with Gasteiger partial charge in [-0.05, 0) is 31.2 Å². The highest BCUT2D eigenvalue weighted by Crippen LogP contribution is 2.30. The van der Waals surface area contributed by atoms with Gasteiger partial charge in [0.05, 0.1) is 11.4 Å². The molecule has 0 unspecified atom stereocenters. The van der Waals surface area contributed by atoms with E-state index in [9.17, 15) is 0 Å². The Kier molecular flexibility index (Phi) is 2.91. The number of H-pyrrole nitrogens is 1. The van der Waals surface area contributed by atoms with Crippen molar-refractivity contribution in [2.45, 2.75) is 6.92 Å². The Bertz CT molecular complexity index is 661. The number of nitrogens with one attached hydrogen (secondary N) is 1. The van der Waals surface area contributed by atoms with E-state index in [2.05, 4.69) is 9.97 Å². The Morgan fingerprint density at radius 1 is 0.800 bits per heavy atom. The van der Waals surface area contributed by atoms with Gasteiger partial charge in [0, 0.05) is 22.5 Å². The summed E-state index contributed by atoms with van der Waals surface area (Å²) in [6, 6.07) is 15.5. The molecule has 0 bridgehead atoms. The molecule has 0 saturated carbocycles. The van der Waals surface area contributed by atoms with Gasteiger partial charge in [0.15, 0.2) is 0 Å². The number of imidazole rings is 1. The van der Waals surface area contributed by atoms with Crippen molar-refractivity contribution in [3.05, 3.63) is 54.4 Å². The first-order valence-corrected chi connectivity index (χ1v) is 6.42. The Morgan fingerprint density at radius 2 is 1.30 bits per heavy atom. The lowest BCUT2D eigenvalue weighted by atomic mass is 10.0. The van der Waals surface area contributed by atoms with Gasteiger partial charge in [0.2, 0.25) is 0 Å². The van der Waals surface area contributed by atoms with E-state index in [1.165, 1.54) is 0 Å². The molecule has 5 N–H and O–H groups in total. The van der Waals surface area contributed by atoms with Gasteiger partial charge in [-0.2, -0.15) is 0 Å². The monoisotopic (exact) mass is 264 g/mol. The van der Waals surface area contributed by atoms with Gasteiger partial charge in [-0.15, -0.1) is 0 Å². The van der Waals surface area contributed by atoms with E-state index in [0.29, 0.717) is 0 Å². The highest BCUT2D eigenvalue weighted by molar-refractivity contribution is 5.79. The molecule has 0 radical (unpaired) electrons. The van der Waals surface area contributed by atoms with Crippen LogP contribution in [0.1, 0.15) is 5.82 Å². The number of nitrogen functional groups attached to an aromatic ring is 2. The van der Waals surface area contributed by atoms with E-state index < -0.39 is 0 Å². The summed E-state index contributed by atoms with van der Waals surface area (Å²) in [5.41, 5.74) is 17.0. The van der Waals surface area contributed by atoms with Gasteiger partial charge in [-0.3, -0.25) is 0 Å². The third-order valence-corrected chi connectivity index (χ3v) is 3.21. The van der Waals surface area contributed by atoms with Crippen molar-refractivity contribution < 1.29 is 0 Å². The fourth-order valence-electron chi connectivity index (χ4n) is 2.20. The fourth-order valence-corrected chi connectivity index (χ4v) is 2.20. The number of hydrogen-bond acceptors (Lipinski definition) is 3. The Hall–Kier alpha value is -2.75. The molecule has 0 aliphatic heterocycles. The first-order valence-electron chi connectivity index (χ1n) is 6.42. The smallest absolute Gasteiger partial charge is 0.104 e. The molecule has 0 spiro atoms. The highest BCUT2D eigenvalue weighted by Gasteiger charge is 2.12. The lowest BCUT2D eigenvalue weighted by molar-refractivity contribution is 1.15. The predicted octanol–water partition coefficient (Wildman–Crippen LogP) is 3.22.